The number of rotatable bonds is 4. The van der Waals surface area contributed by atoms with Crippen LogP contribution in [-0.2, 0) is 14.9 Å². The maximum Gasteiger partial charge on any atom is 0.513 e. The lowest BCUT2D eigenvalue weighted by atomic mass is 10.0. The normalized spacial score (nSPS) is 19.0. The molecule has 2 unspecified atom stereocenters. The molecular formula is C9H8F5O3P. The van der Waals surface area contributed by atoms with E-state index in [0.717, 1.165) is 12.1 Å². The van der Waals surface area contributed by atoms with E-state index in [4.69, 9.17) is 4.89 Å². The van der Waals surface area contributed by atoms with Gasteiger partial charge in [-0.25, -0.2) is 13.5 Å². The molecule has 0 spiro atoms. The second-order valence-corrected chi connectivity index (χ2v) is 4.51. The molecule has 0 radical (unpaired) electrons. The number of hydrogen-bond acceptors (Lipinski definition) is 2. The summed E-state index contributed by atoms with van der Waals surface area (Å²) in [5.41, 5.74) is -0.700. The lowest BCUT2D eigenvalue weighted by Crippen LogP contribution is -2.29. The summed E-state index contributed by atoms with van der Waals surface area (Å²) in [4.78, 5) is 8.27. The van der Waals surface area contributed by atoms with E-state index in [9.17, 15) is 26.3 Å². The van der Waals surface area contributed by atoms with Crippen LogP contribution in [0.1, 0.15) is 12.0 Å². The molecule has 0 aliphatic carbocycles. The Hall–Kier alpha value is -0.980. The molecule has 0 aromatic heterocycles. The van der Waals surface area contributed by atoms with Gasteiger partial charge in [0.25, 0.3) is 5.85 Å². The zero-order valence-electron chi connectivity index (χ0n) is 8.69. The van der Waals surface area contributed by atoms with E-state index in [-0.39, 0.29) is 0 Å². The first-order valence-corrected chi connectivity index (χ1v) is 6.03. The summed E-state index contributed by atoms with van der Waals surface area (Å²) in [7, 11) is -5.91. The van der Waals surface area contributed by atoms with E-state index in [2.05, 4.69) is 4.52 Å². The van der Waals surface area contributed by atoms with Crippen molar-refractivity contribution < 1.29 is 35.7 Å². The average molecular weight is 290 g/mol. The third kappa shape index (κ3) is 4.72. The van der Waals surface area contributed by atoms with Gasteiger partial charge in [0.2, 0.25) is 0 Å². The van der Waals surface area contributed by atoms with Crippen molar-refractivity contribution in [3.8, 4) is 0 Å². The molecule has 1 N–H and O–H groups in total. The molecule has 0 saturated carbocycles. The molecule has 9 heteroatoms. The fraction of sp³-hybridized carbons (Fsp3) is 0.333. The van der Waals surface area contributed by atoms with Crippen molar-refractivity contribution in [1.29, 1.82) is 0 Å². The van der Waals surface area contributed by atoms with E-state index < -0.39 is 31.9 Å². The number of benzene rings is 1. The van der Waals surface area contributed by atoms with Crippen molar-refractivity contribution in [2.75, 3.05) is 0 Å². The largest absolute Gasteiger partial charge is 0.513 e. The minimum atomic E-state index is -5.91. The lowest BCUT2D eigenvalue weighted by Gasteiger charge is -2.26. The Bertz CT molecular complexity index is 443. The predicted octanol–water partition coefficient (Wildman–Crippen LogP) is 3.85. The summed E-state index contributed by atoms with van der Waals surface area (Å²) in [6.07, 6.45) is -7.28. The van der Waals surface area contributed by atoms with Crippen molar-refractivity contribution in [3.05, 3.63) is 35.9 Å². The monoisotopic (exact) mass is 290 g/mol. The third-order valence-electron chi connectivity index (χ3n) is 1.89. The summed E-state index contributed by atoms with van der Waals surface area (Å²) >= 11 is 0. The summed E-state index contributed by atoms with van der Waals surface area (Å²) in [6, 6.07) is 5.53. The molecule has 1 rings (SSSR count). The molecule has 0 fully saturated rings. The Morgan fingerprint density at radius 2 is 1.67 bits per heavy atom. The first kappa shape index (κ1) is 15.1. The second-order valence-electron chi connectivity index (χ2n) is 3.43. The van der Waals surface area contributed by atoms with Crippen molar-refractivity contribution in [2.24, 2.45) is 0 Å². The van der Waals surface area contributed by atoms with Gasteiger partial charge in [-0.1, -0.05) is 30.3 Å². The smallest absolute Gasteiger partial charge is 0.299 e. The van der Waals surface area contributed by atoms with Gasteiger partial charge >= 0.3 is 14.1 Å². The number of alkyl halides is 4. The maximum atomic E-state index is 14.0. The van der Waals surface area contributed by atoms with Gasteiger partial charge in [-0.05, 0) is 0 Å². The van der Waals surface area contributed by atoms with Crippen molar-refractivity contribution in [2.45, 2.75) is 18.5 Å². The van der Waals surface area contributed by atoms with Crippen molar-refractivity contribution in [1.82, 2.24) is 0 Å². The number of hydrogen-bond donors (Lipinski definition) is 1. The zero-order chi connectivity index (χ0) is 14.0. The van der Waals surface area contributed by atoms with Gasteiger partial charge in [0.15, 0.2) is 0 Å². The highest BCUT2D eigenvalue weighted by atomic mass is 31.2. The Morgan fingerprint density at radius 1 is 1.17 bits per heavy atom. The highest BCUT2D eigenvalue weighted by Gasteiger charge is 2.49. The van der Waals surface area contributed by atoms with Gasteiger partial charge in [-0.3, -0.25) is 4.89 Å². The SMILES string of the molecule is O=P(O)(F)OC(F)(CC(F)(F)F)c1ccccc1. The van der Waals surface area contributed by atoms with Gasteiger partial charge in [0, 0.05) is 5.56 Å². The lowest BCUT2D eigenvalue weighted by molar-refractivity contribution is -0.210. The summed E-state index contributed by atoms with van der Waals surface area (Å²) in [5.74, 6) is -3.75. The van der Waals surface area contributed by atoms with Crippen LogP contribution in [-0.4, -0.2) is 11.1 Å². The average Bonchev–Trinajstić information content (AvgIpc) is 2.13. The molecule has 0 amide bonds. The van der Waals surface area contributed by atoms with Crippen LogP contribution in [0.3, 0.4) is 0 Å². The van der Waals surface area contributed by atoms with Gasteiger partial charge in [-0.2, -0.15) is 13.2 Å². The highest BCUT2D eigenvalue weighted by molar-refractivity contribution is 7.46. The molecule has 2 atom stereocenters. The molecule has 1 aromatic carbocycles. The van der Waals surface area contributed by atoms with Crippen molar-refractivity contribution in [3.63, 3.8) is 0 Å². The van der Waals surface area contributed by atoms with E-state index in [1.807, 2.05) is 0 Å². The van der Waals surface area contributed by atoms with E-state index in [0.29, 0.717) is 0 Å². The van der Waals surface area contributed by atoms with Crippen LogP contribution in [0.4, 0.5) is 21.8 Å². The molecule has 3 nitrogen and oxygen atoms in total. The maximum absolute atomic E-state index is 14.0. The zero-order valence-corrected chi connectivity index (χ0v) is 9.59. The molecule has 0 bridgehead atoms. The van der Waals surface area contributed by atoms with Crippen LogP contribution < -0.4 is 0 Å². The molecular weight excluding hydrogens is 282 g/mol. The standard InChI is InChI=1S/C9H8F5O3P/c10-8(6-9(11,12)13,17-18(14,15)16)7-4-2-1-3-5-7/h1-5H,6H2,(H,15,16). The van der Waals surface area contributed by atoms with Gasteiger partial charge in [0.1, 0.15) is 6.42 Å². The summed E-state index contributed by atoms with van der Waals surface area (Å²) in [6.45, 7) is 0. The minimum absolute atomic E-state index is 0.700. The van der Waals surface area contributed by atoms with Gasteiger partial charge < -0.3 is 0 Å². The third-order valence-corrected chi connectivity index (χ3v) is 2.40. The first-order chi connectivity index (χ1) is 8.02. The second kappa shape index (κ2) is 4.95. The van der Waals surface area contributed by atoms with Crippen LogP contribution in [0.25, 0.3) is 0 Å². The fourth-order valence-corrected chi connectivity index (χ4v) is 1.84. The van der Waals surface area contributed by atoms with Crippen LogP contribution in [0.15, 0.2) is 30.3 Å². The molecule has 0 saturated heterocycles. The van der Waals surface area contributed by atoms with Crippen LogP contribution in [0, 0.1) is 0 Å². The summed E-state index contributed by atoms with van der Waals surface area (Å²) < 4.78 is 76.8. The van der Waals surface area contributed by atoms with Gasteiger partial charge in [0.05, 0.1) is 0 Å². The highest BCUT2D eigenvalue weighted by Crippen LogP contribution is 2.54. The quantitative estimate of drug-likeness (QED) is 0.676. The van der Waals surface area contributed by atoms with Gasteiger partial charge in [-0.15, -0.1) is 4.20 Å². The topological polar surface area (TPSA) is 46.5 Å². The van der Waals surface area contributed by atoms with Crippen molar-refractivity contribution >= 4 is 7.91 Å². The van der Waals surface area contributed by atoms with E-state index in [1.54, 1.807) is 0 Å². The molecule has 0 aliphatic heterocycles. The molecule has 102 valence electrons. The molecule has 18 heavy (non-hydrogen) atoms. The van der Waals surface area contributed by atoms with E-state index in [1.165, 1.54) is 18.2 Å². The molecule has 1 aromatic rings. The van der Waals surface area contributed by atoms with Crippen LogP contribution in [0.5, 0.6) is 0 Å². The first-order valence-electron chi connectivity index (χ1n) is 4.56. The number of halogens is 5. The molecule has 0 heterocycles. The Kier molecular flexibility index (Phi) is 4.15. The minimum Gasteiger partial charge on any atom is -0.299 e. The Labute approximate surface area is 98.8 Å². The summed E-state index contributed by atoms with van der Waals surface area (Å²) in [5, 5.41) is 0. The fourth-order valence-electron chi connectivity index (χ4n) is 1.31. The predicted molar refractivity (Wildman–Crippen MR) is 51.9 cm³/mol. The Balaban J connectivity index is 3.13. The van der Waals surface area contributed by atoms with E-state index >= 15 is 0 Å². The van der Waals surface area contributed by atoms with Crippen LogP contribution >= 0.6 is 7.91 Å². The van der Waals surface area contributed by atoms with Crippen LogP contribution in [0.2, 0.25) is 0 Å². The Morgan fingerprint density at radius 3 is 2.06 bits per heavy atom. The molecule has 0 aliphatic rings.